The summed E-state index contributed by atoms with van der Waals surface area (Å²) in [6, 6.07) is 2.06. The molecule has 8 heteroatoms. The number of carbonyl (C=O) groups is 1. The zero-order chi connectivity index (χ0) is 15.8. The monoisotopic (exact) mass is 334 g/mol. The van der Waals surface area contributed by atoms with Crippen LogP contribution in [0.4, 0.5) is 4.39 Å². The molecule has 1 aliphatic rings. The van der Waals surface area contributed by atoms with Crippen molar-refractivity contribution < 1.29 is 17.6 Å². The highest BCUT2D eigenvalue weighted by atomic mass is 35.5. The van der Waals surface area contributed by atoms with Crippen molar-refractivity contribution in [3.05, 3.63) is 28.5 Å². The normalized spacial score (nSPS) is 16.2. The van der Waals surface area contributed by atoms with Crippen molar-refractivity contribution >= 4 is 27.5 Å². The van der Waals surface area contributed by atoms with Crippen LogP contribution in [0.1, 0.15) is 36.0 Å². The number of sulfonamides is 1. The number of carbonyl (C=O) groups excluding carboxylic acids is 1. The van der Waals surface area contributed by atoms with Crippen molar-refractivity contribution in [2.75, 3.05) is 7.05 Å². The van der Waals surface area contributed by atoms with E-state index in [1.807, 2.05) is 0 Å². The van der Waals surface area contributed by atoms with Crippen LogP contribution in [0.3, 0.4) is 0 Å². The molecule has 2 N–H and O–H groups in total. The van der Waals surface area contributed by atoms with Crippen molar-refractivity contribution in [2.45, 2.75) is 36.6 Å². The van der Waals surface area contributed by atoms with Crippen molar-refractivity contribution in [3.63, 3.8) is 0 Å². The molecule has 2 rings (SSSR count). The van der Waals surface area contributed by atoms with E-state index in [9.17, 15) is 17.6 Å². The smallest absolute Gasteiger partial charge is 0.256 e. The summed E-state index contributed by atoms with van der Waals surface area (Å²) in [5, 5.41) is 4.89. The Morgan fingerprint density at radius 3 is 2.48 bits per heavy atom. The first-order valence-corrected chi connectivity index (χ1v) is 8.43. The summed E-state index contributed by atoms with van der Waals surface area (Å²) in [4.78, 5) is 13.0. The molecule has 0 spiro atoms. The molecule has 0 radical (unpaired) electrons. The Morgan fingerprint density at radius 1 is 1.38 bits per heavy atom. The molecule has 1 aliphatic carbocycles. The molecule has 0 aromatic heterocycles. The molecular formula is C13H16ClFN2O3S. The van der Waals surface area contributed by atoms with Crippen LogP contribution < -0.4 is 5.14 Å². The molecule has 1 aromatic carbocycles. The molecule has 0 heterocycles. The van der Waals surface area contributed by atoms with Crippen LogP contribution in [0.2, 0.25) is 5.02 Å². The number of primary sulfonamides is 1. The zero-order valence-corrected chi connectivity index (χ0v) is 13.0. The van der Waals surface area contributed by atoms with Crippen molar-refractivity contribution in [1.82, 2.24) is 4.90 Å². The highest BCUT2D eigenvalue weighted by molar-refractivity contribution is 7.89. The van der Waals surface area contributed by atoms with E-state index < -0.39 is 26.6 Å². The third kappa shape index (κ3) is 3.36. The molecule has 0 saturated heterocycles. The molecule has 1 saturated carbocycles. The topological polar surface area (TPSA) is 80.5 Å². The van der Waals surface area contributed by atoms with Gasteiger partial charge in [-0.1, -0.05) is 24.4 Å². The quantitative estimate of drug-likeness (QED) is 0.919. The fourth-order valence-corrected chi connectivity index (χ4v) is 3.51. The summed E-state index contributed by atoms with van der Waals surface area (Å²) in [6.07, 6.45) is 3.74. The average Bonchev–Trinajstić information content (AvgIpc) is 2.92. The Bertz CT molecular complexity index is 672. The molecule has 1 amide bonds. The van der Waals surface area contributed by atoms with Gasteiger partial charge >= 0.3 is 0 Å². The van der Waals surface area contributed by atoms with Crippen LogP contribution in [0.5, 0.6) is 0 Å². The third-order valence-corrected chi connectivity index (χ3v) is 4.86. The second-order valence-electron chi connectivity index (χ2n) is 5.16. The minimum Gasteiger partial charge on any atom is -0.339 e. The van der Waals surface area contributed by atoms with E-state index in [4.69, 9.17) is 16.7 Å². The first kappa shape index (κ1) is 16.2. The molecule has 5 nitrogen and oxygen atoms in total. The number of hydrogen-bond acceptors (Lipinski definition) is 3. The predicted molar refractivity (Wildman–Crippen MR) is 77.1 cm³/mol. The molecule has 0 unspecified atom stereocenters. The number of nitrogens with zero attached hydrogens (tertiary/aromatic N) is 1. The van der Waals surface area contributed by atoms with Crippen LogP contribution in [-0.2, 0) is 10.0 Å². The van der Waals surface area contributed by atoms with Crippen LogP contribution >= 0.6 is 11.6 Å². The summed E-state index contributed by atoms with van der Waals surface area (Å²) < 4.78 is 37.0. The van der Waals surface area contributed by atoms with Gasteiger partial charge in [-0.2, -0.15) is 0 Å². The number of rotatable bonds is 3. The molecule has 0 aliphatic heterocycles. The van der Waals surface area contributed by atoms with Gasteiger partial charge in [-0.15, -0.1) is 0 Å². The van der Waals surface area contributed by atoms with Crippen LogP contribution in [0, 0.1) is 5.82 Å². The fraction of sp³-hybridized carbons (Fsp3) is 0.462. The Labute approximate surface area is 127 Å². The number of hydrogen-bond donors (Lipinski definition) is 1. The van der Waals surface area contributed by atoms with E-state index in [-0.39, 0.29) is 16.6 Å². The van der Waals surface area contributed by atoms with E-state index in [0.717, 1.165) is 37.8 Å². The maximum absolute atomic E-state index is 14.3. The predicted octanol–water partition coefficient (Wildman–Crippen LogP) is 2.14. The van der Waals surface area contributed by atoms with Crippen LogP contribution in [0.15, 0.2) is 17.0 Å². The van der Waals surface area contributed by atoms with Crippen molar-refractivity contribution in [1.29, 1.82) is 0 Å². The van der Waals surface area contributed by atoms with E-state index in [1.54, 1.807) is 7.05 Å². The zero-order valence-electron chi connectivity index (χ0n) is 11.5. The van der Waals surface area contributed by atoms with E-state index >= 15 is 0 Å². The number of halogens is 2. The van der Waals surface area contributed by atoms with Gasteiger partial charge in [0.1, 0.15) is 4.90 Å². The second kappa shape index (κ2) is 5.90. The minimum absolute atomic E-state index is 0.0359. The summed E-state index contributed by atoms with van der Waals surface area (Å²) in [5.41, 5.74) is -0.374. The third-order valence-electron chi connectivity index (χ3n) is 3.73. The largest absolute Gasteiger partial charge is 0.339 e. The number of nitrogens with two attached hydrogens (primary N) is 1. The number of amides is 1. The van der Waals surface area contributed by atoms with Crippen molar-refractivity contribution in [3.8, 4) is 0 Å². The molecule has 0 atom stereocenters. The summed E-state index contributed by atoms with van der Waals surface area (Å²) in [7, 11) is -2.71. The molecule has 1 fully saturated rings. The maximum atomic E-state index is 14.3. The van der Waals surface area contributed by atoms with Crippen LogP contribution in [-0.4, -0.2) is 32.3 Å². The van der Waals surface area contributed by atoms with E-state index in [2.05, 4.69) is 0 Å². The molecule has 0 bridgehead atoms. The summed E-state index contributed by atoms with van der Waals surface area (Å²) in [6.45, 7) is 0. The maximum Gasteiger partial charge on any atom is 0.256 e. The molecule has 21 heavy (non-hydrogen) atoms. The minimum atomic E-state index is -4.29. The Morgan fingerprint density at radius 2 is 1.95 bits per heavy atom. The summed E-state index contributed by atoms with van der Waals surface area (Å²) >= 11 is 5.78. The first-order valence-electron chi connectivity index (χ1n) is 6.51. The van der Waals surface area contributed by atoms with Gasteiger partial charge < -0.3 is 4.90 Å². The lowest BCUT2D eigenvalue weighted by Gasteiger charge is -2.24. The van der Waals surface area contributed by atoms with Crippen LogP contribution in [0.25, 0.3) is 0 Å². The van der Waals surface area contributed by atoms with Gasteiger partial charge in [0.2, 0.25) is 10.0 Å². The van der Waals surface area contributed by atoms with Crippen molar-refractivity contribution in [2.24, 2.45) is 5.14 Å². The number of benzene rings is 1. The molecule has 116 valence electrons. The Balaban J connectivity index is 2.44. The van der Waals surface area contributed by atoms with E-state index in [1.165, 1.54) is 4.90 Å². The molecule has 1 aromatic rings. The highest BCUT2D eigenvalue weighted by Gasteiger charge is 2.28. The summed E-state index contributed by atoms with van der Waals surface area (Å²) in [5.74, 6) is -1.75. The van der Waals surface area contributed by atoms with Gasteiger partial charge in [-0.25, -0.2) is 17.9 Å². The Hall–Kier alpha value is -1.18. The van der Waals surface area contributed by atoms with Gasteiger partial charge in [-0.3, -0.25) is 4.79 Å². The fourth-order valence-electron chi connectivity index (χ4n) is 2.57. The van der Waals surface area contributed by atoms with Gasteiger partial charge in [0.25, 0.3) is 5.91 Å². The Kier molecular flexibility index (Phi) is 4.55. The van der Waals surface area contributed by atoms with Gasteiger partial charge in [0.05, 0.1) is 5.56 Å². The first-order chi connectivity index (χ1) is 9.71. The van der Waals surface area contributed by atoms with Gasteiger partial charge in [-0.05, 0) is 25.0 Å². The standard InChI is InChI=1S/C13H16ClFN2O3S/c1-17(9-4-2-3-5-9)13(18)10-6-8(14)7-11(12(10)15)21(16,19)20/h6-7,9H,2-5H2,1H3,(H2,16,19,20). The second-order valence-corrected chi connectivity index (χ2v) is 7.13. The SMILES string of the molecule is CN(C(=O)c1cc(Cl)cc(S(N)(=O)=O)c1F)C1CCCC1. The molecular weight excluding hydrogens is 319 g/mol. The van der Waals surface area contributed by atoms with Gasteiger partial charge in [0, 0.05) is 18.1 Å². The lowest BCUT2D eigenvalue weighted by molar-refractivity contribution is 0.0730. The van der Waals surface area contributed by atoms with Gasteiger partial charge in [0.15, 0.2) is 5.82 Å². The lowest BCUT2D eigenvalue weighted by atomic mass is 10.1. The lowest BCUT2D eigenvalue weighted by Crippen LogP contribution is -2.36. The van der Waals surface area contributed by atoms with E-state index in [0.29, 0.717) is 0 Å². The average molecular weight is 335 g/mol. The highest BCUT2D eigenvalue weighted by Crippen LogP contribution is 2.27.